The van der Waals surface area contributed by atoms with Gasteiger partial charge in [-0.15, -0.1) is 11.8 Å². The van der Waals surface area contributed by atoms with E-state index in [0.717, 1.165) is 18.2 Å². The molecular weight excluding hydrogens is 308 g/mol. The summed E-state index contributed by atoms with van der Waals surface area (Å²) in [5, 5.41) is 4.19. The molecule has 1 N–H and O–H groups in total. The van der Waals surface area contributed by atoms with Crippen LogP contribution in [0.25, 0.3) is 0 Å². The molecule has 0 spiro atoms. The summed E-state index contributed by atoms with van der Waals surface area (Å²) in [5.41, 5.74) is 2.45. The average molecular weight is 329 g/mol. The monoisotopic (exact) mass is 328 g/mol. The minimum absolute atomic E-state index is 0.146. The Labute approximate surface area is 141 Å². The highest BCUT2D eigenvalue weighted by molar-refractivity contribution is 8.01. The summed E-state index contributed by atoms with van der Waals surface area (Å²) >= 11 is 7.58. The Balaban J connectivity index is 1.77. The summed E-state index contributed by atoms with van der Waals surface area (Å²) in [6.45, 7) is 6.20. The van der Waals surface area contributed by atoms with Gasteiger partial charge in [0.25, 0.3) is 0 Å². The first-order chi connectivity index (χ1) is 10.6. The Kier molecular flexibility index (Phi) is 4.41. The lowest BCUT2D eigenvalue weighted by atomic mass is 10.1. The van der Waals surface area contributed by atoms with Gasteiger partial charge in [0.15, 0.2) is 5.11 Å². The molecule has 22 heavy (non-hydrogen) atoms. The van der Waals surface area contributed by atoms with Crippen LogP contribution in [0.1, 0.15) is 19.4 Å². The second-order valence-corrected chi connectivity index (χ2v) is 8.20. The van der Waals surface area contributed by atoms with Crippen LogP contribution in [0.5, 0.6) is 0 Å². The van der Waals surface area contributed by atoms with Gasteiger partial charge in [-0.2, -0.15) is 0 Å². The molecule has 4 heteroatoms. The average Bonchev–Trinajstić information content (AvgIpc) is 2.52. The van der Waals surface area contributed by atoms with Crippen molar-refractivity contribution < 1.29 is 0 Å². The molecule has 0 saturated heterocycles. The molecule has 0 amide bonds. The summed E-state index contributed by atoms with van der Waals surface area (Å²) in [7, 11) is 0. The smallest absolute Gasteiger partial charge is 0.173 e. The standard InChI is InChI=1S/C18H20N2S2/c1-18(2)13-20(15-10-6-7-11-16(15)22-18)17(21)19-12-14-8-4-3-5-9-14/h3-11H,12-13H2,1-2H3,(H,19,21). The third-order valence-electron chi connectivity index (χ3n) is 3.61. The summed E-state index contributed by atoms with van der Waals surface area (Å²) in [6.07, 6.45) is 0. The highest BCUT2D eigenvalue weighted by atomic mass is 32.2. The number of benzene rings is 2. The van der Waals surface area contributed by atoms with E-state index in [0.29, 0.717) is 0 Å². The maximum atomic E-state index is 5.66. The van der Waals surface area contributed by atoms with Crippen molar-refractivity contribution in [1.82, 2.24) is 5.32 Å². The molecular formula is C18H20N2S2. The van der Waals surface area contributed by atoms with E-state index in [1.165, 1.54) is 16.1 Å². The number of hydrogen-bond donors (Lipinski definition) is 1. The van der Waals surface area contributed by atoms with E-state index in [1.807, 2.05) is 17.8 Å². The zero-order chi connectivity index (χ0) is 15.6. The van der Waals surface area contributed by atoms with Gasteiger partial charge in [0, 0.05) is 22.7 Å². The number of rotatable bonds is 2. The van der Waals surface area contributed by atoms with Crippen LogP contribution in [0.15, 0.2) is 59.5 Å². The minimum atomic E-state index is 0.146. The molecule has 0 atom stereocenters. The largest absolute Gasteiger partial charge is 0.358 e. The highest BCUT2D eigenvalue weighted by Crippen LogP contribution is 2.44. The lowest BCUT2D eigenvalue weighted by molar-refractivity contribution is 0.694. The summed E-state index contributed by atoms with van der Waals surface area (Å²) in [5.74, 6) is 0. The molecule has 0 aliphatic carbocycles. The van der Waals surface area contributed by atoms with Gasteiger partial charge in [-0.3, -0.25) is 0 Å². The maximum absolute atomic E-state index is 5.66. The molecule has 0 saturated carbocycles. The SMILES string of the molecule is CC1(C)CN(C(=S)NCc2ccccc2)c2ccccc2S1. The van der Waals surface area contributed by atoms with Crippen molar-refractivity contribution in [3.63, 3.8) is 0 Å². The minimum Gasteiger partial charge on any atom is -0.358 e. The Hall–Kier alpha value is -1.52. The van der Waals surface area contributed by atoms with Gasteiger partial charge >= 0.3 is 0 Å². The Morgan fingerprint density at radius 1 is 1.14 bits per heavy atom. The fraction of sp³-hybridized carbons (Fsp3) is 0.278. The fourth-order valence-corrected chi connectivity index (χ4v) is 4.07. The Morgan fingerprint density at radius 2 is 1.82 bits per heavy atom. The molecule has 3 rings (SSSR count). The van der Waals surface area contributed by atoms with E-state index in [2.05, 4.69) is 72.6 Å². The van der Waals surface area contributed by atoms with Crippen LogP contribution >= 0.6 is 24.0 Å². The van der Waals surface area contributed by atoms with Crippen molar-refractivity contribution in [2.24, 2.45) is 0 Å². The summed E-state index contributed by atoms with van der Waals surface area (Å²) in [4.78, 5) is 3.52. The van der Waals surface area contributed by atoms with E-state index in [9.17, 15) is 0 Å². The zero-order valence-electron chi connectivity index (χ0n) is 12.9. The number of hydrogen-bond acceptors (Lipinski definition) is 2. The molecule has 1 heterocycles. The van der Waals surface area contributed by atoms with Crippen molar-refractivity contribution in [2.75, 3.05) is 11.4 Å². The number of fused-ring (bicyclic) bond motifs is 1. The number of anilines is 1. The molecule has 0 radical (unpaired) electrons. The lowest BCUT2D eigenvalue weighted by Gasteiger charge is -2.40. The molecule has 1 aliphatic rings. The third kappa shape index (κ3) is 3.45. The predicted molar refractivity (Wildman–Crippen MR) is 99.6 cm³/mol. The van der Waals surface area contributed by atoms with Crippen LogP contribution in [0.4, 0.5) is 5.69 Å². The van der Waals surface area contributed by atoms with E-state index in [1.54, 1.807) is 0 Å². The predicted octanol–water partition coefficient (Wildman–Crippen LogP) is 4.45. The van der Waals surface area contributed by atoms with Crippen molar-refractivity contribution >= 4 is 34.8 Å². The topological polar surface area (TPSA) is 15.3 Å². The number of thiocarbonyl (C=S) groups is 1. The van der Waals surface area contributed by atoms with Crippen LogP contribution < -0.4 is 10.2 Å². The van der Waals surface area contributed by atoms with Crippen molar-refractivity contribution in [1.29, 1.82) is 0 Å². The lowest BCUT2D eigenvalue weighted by Crippen LogP contribution is -2.48. The first-order valence-corrected chi connectivity index (χ1v) is 8.65. The maximum Gasteiger partial charge on any atom is 0.173 e. The van der Waals surface area contributed by atoms with Crippen LogP contribution in [-0.4, -0.2) is 16.4 Å². The number of para-hydroxylation sites is 1. The molecule has 0 bridgehead atoms. The van der Waals surface area contributed by atoms with Crippen molar-refractivity contribution in [3.8, 4) is 0 Å². The van der Waals surface area contributed by atoms with Crippen molar-refractivity contribution in [2.45, 2.75) is 30.0 Å². The van der Waals surface area contributed by atoms with Gasteiger partial charge in [0.1, 0.15) is 0 Å². The van der Waals surface area contributed by atoms with Crippen LogP contribution in [0, 0.1) is 0 Å². The van der Waals surface area contributed by atoms with Gasteiger partial charge in [0.05, 0.1) is 5.69 Å². The van der Waals surface area contributed by atoms with Gasteiger partial charge < -0.3 is 10.2 Å². The fourth-order valence-electron chi connectivity index (χ4n) is 2.61. The molecule has 2 nitrogen and oxygen atoms in total. The molecule has 0 unspecified atom stereocenters. The zero-order valence-corrected chi connectivity index (χ0v) is 14.5. The van der Waals surface area contributed by atoms with Crippen LogP contribution in [0.3, 0.4) is 0 Å². The van der Waals surface area contributed by atoms with Gasteiger partial charge in [-0.05, 0) is 43.8 Å². The molecule has 0 aromatic heterocycles. The van der Waals surface area contributed by atoms with Gasteiger partial charge in [-0.25, -0.2) is 0 Å². The third-order valence-corrected chi connectivity index (χ3v) is 5.22. The van der Waals surface area contributed by atoms with E-state index in [-0.39, 0.29) is 4.75 Å². The quantitative estimate of drug-likeness (QED) is 0.819. The molecule has 2 aromatic carbocycles. The molecule has 1 aliphatic heterocycles. The first-order valence-electron chi connectivity index (χ1n) is 7.42. The van der Waals surface area contributed by atoms with Gasteiger partial charge in [-0.1, -0.05) is 42.5 Å². The number of nitrogens with one attached hydrogen (secondary N) is 1. The first kappa shape index (κ1) is 15.4. The Bertz CT molecular complexity index is 668. The number of thioether (sulfide) groups is 1. The second-order valence-electron chi connectivity index (χ2n) is 6.06. The van der Waals surface area contributed by atoms with E-state index in [4.69, 9.17) is 12.2 Å². The summed E-state index contributed by atoms with van der Waals surface area (Å²) in [6, 6.07) is 18.8. The molecule has 114 valence electrons. The van der Waals surface area contributed by atoms with Crippen LogP contribution in [-0.2, 0) is 6.54 Å². The normalized spacial score (nSPS) is 16.0. The van der Waals surface area contributed by atoms with E-state index >= 15 is 0 Å². The second kappa shape index (κ2) is 6.31. The van der Waals surface area contributed by atoms with Gasteiger partial charge in [0.2, 0.25) is 0 Å². The molecule has 0 fully saturated rings. The van der Waals surface area contributed by atoms with Crippen LogP contribution in [0.2, 0.25) is 0 Å². The highest BCUT2D eigenvalue weighted by Gasteiger charge is 2.32. The number of nitrogens with zero attached hydrogens (tertiary/aromatic N) is 1. The molecule has 2 aromatic rings. The van der Waals surface area contributed by atoms with Crippen molar-refractivity contribution in [3.05, 3.63) is 60.2 Å². The Morgan fingerprint density at radius 3 is 2.59 bits per heavy atom. The summed E-state index contributed by atoms with van der Waals surface area (Å²) < 4.78 is 0.146. The van der Waals surface area contributed by atoms with E-state index < -0.39 is 0 Å².